The number of non-ortho nitro benzene ring substituents is 1. The molecule has 0 spiro atoms. The zero-order valence-corrected chi connectivity index (χ0v) is 13.6. The minimum atomic E-state index is -0.329. The topological polar surface area (TPSA) is 58.4 Å². The highest BCUT2D eigenvalue weighted by atomic mass is 16.6. The van der Waals surface area contributed by atoms with Crippen LogP contribution in [0.1, 0.15) is 45.6 Å². The van der Waals surface area contributed by atoms with Crippen molar-refractivity contribution in [1.82, 2.24) is 4.90 Å². The van der Waals surface area contributed by atoms with Gasteiger partial charge in [-0.1, -0.05) is 20.8 Å². The fourth-order valence-corrected chi connectivity index (χ4v) is 2.57. The summed E-state index contributed by atoms with van der Waals surface area (Å²) < 4.78 is 0. The molecule has 0 aromatic heterocycles. The number of benzene rings is 1. The maximum absolute atomic E-state index is 11.0. The Hall–Kier alpha value is -1.62. The van der Waals surface area contributed by atoms with Crippen LogP contribution >= 0.6 is 0 Å². The van der Waals surface area contributed by atoms with Crippen molar-refractivity contribution in [2.24, 2.45) is 0 Å². The first kappa shape index (κ1) is 17.4. The third-order valence-corrected chi connectivity index (χ3v) is 3.85. The van der Waals surface area contributed by atoms with Crippen molar-refractivity contribution in [2.75, 3.05) is 18.9 Å². The third-order valence-electron chi connectivity index (χ3n) is 3.85. The molecular formula is C16H27N3O2. The summed E-state index contributed by atoms with van der Waals surface area (Å²) >= 11 is 0. The van der Waals surface area contributed by atoms with Gasteiger partial charge >= 0.3 is 0 Å². The van der Waals surface area contributed by atoms with Gasteiger partial charge in [-0.25, -0.2) is 0 Å². The van der Waals surface area contributed by atoms with Crippen molar-refractivity contribution >= 4 is 11.4 Å². The second kappa shape index (κ2) is 8.62. The summed E-state index contributed by atoms with van der Waals surface area (Å²) in [6, 6.07) is 5.59. The van der Waals surface area contributed by atoms with Gasteiger partial charge < -0.3 is 5.32 Å². The van der Waals surface area contributed by atoms with Crippen LogP contribution in [0.25, 0.3) is 0 Å². The zero-order chi connectivity index (χ0) is 15.8. The minimum Gasteiger partial charge on any atom is -0.385 e. The van der Waals surface area contributed by atoms with E-state index in [-0.39, 0.29) is 10.6 Å². The fourth-order valence-electron chi connectivity index (χ4n) is 2.57. The molecule has 1 rings (SSSR count). The maximum Gasteiger partial charge on any atom is 0.269 e. The van der Waals surface area contributed by atoms with Crippen LogP contribution in [-0.4, -0.2) is 29.5 Å². The molecule has 0 radical (unpaired) electrons. The number of anilines is 1. The standard InChI is InChI=1S/C16H27N3O2/c1-5-10-17-16-9-8-15(19(20)21)11-13(16)12-18(4)14(6-2)7-3/h8-9,11,14,17H,5-7,10,12H2,1-4H3. The Kier molecular flexibility index (Phi) is 7.15. The lowest BCUT2D eigenvalue weighted by Crippen LogP contribution is -2.30. The van der Waals surface area contributed by atoms with E-state index in [1.165, 1.54) is 0 Å². The first-order chi connectivity index (χ1) is 10.0. The van der Waals surface area contributed by atoms with E-state index in [9.17, 15) is 10.1 Å². The molecule has 0 bridgehead atoms. The zero-order valence-electron chi connectivity index (χ0n) is 13.6. The van der Waals surface area contributed by atoms with E-state index >= 15 is 0 Å². The van der Waals surface area contributed by atoms with Crippen LogP contribution in [0.2, 0.25) is 0 Å². The van der Waals surface area contributed by atoms with Crippen LogP contribution < -0.4 is 5.32 Å². The average Bonchev–Trinajstić information content (AvgIpc) is 2.47. The predicted molar refractivity (Wildman–Crippen MR) is 87.7 cm³/mol. The Balaban J connectivity index is 2.98. The highest BCUT2D eigenvalue weighted by molar-refractivity contribution is 5.56. The molecule has 5 heteroatoms. The number of nitrogens with zero attached hydrogens (tertiary/aromatic N) is 2. The Morgan fingerprint density at radius 2 is 1.95 bits per heavy atom. The number of hydrogen-bond donors (Lipinski definition) is 1. The molecule has 118 valence electrons. The van der Waals surface area contributed by atoms with Crippen LogP contribution in [0.5, 0.6) is 0 Å². The van der Waals surface area contributed by atoms with E-state index in [4.69, 9.17) is 0 Å². The largest absolute Gasteiger partial charge is 0.385 e. The second-order valence-electron chi connectivity index (χ2n) is 5.41. The van der Waals surface area contributed by atoms with Gasteiger partial charge in [-0.05, 0) is 37.9 Å². The van der Waals surface area contributed by atoms with Gasteiger partial charge in [-0.15, -0.1) is 0 Å². The Morgan fingerprint density at radius 3 is 2.48 bits per heavy atom. The van der Waals surface area contributed by atoms with Crippen molar-refractivity contribution in [2.45, 2.75) is 52.6 Å². The van der Waals surface area contributed by atoms with Crippen molar-refractivity contribution in [3.8, 4) is 0 Å². The molecule has 0 aliphatic rings. The minimum absolute atomic E-state index is 0.157. The van der Waals surface area contributed by atoms with E-state index in [0.717, 1.165) is 43.6 Å². The summed E-state index contributed by atoms with van der Waals surface area (Å²) in [7, 11) is 2.08. The van der Waals surface area contributed by atoms with E-state index in [1.54, 1.807) is 12.1 Å². The van der Waals surface area contributed by atoms with E-state index in [2.05, 4.69) is 38.0 Å². The maximum atomic E-state index is 11.0. The summed E-state index contributed by atoms with van der Waals surface area (Å²) in [6.45, 7) is 8.05. The molecule has 1 aromatic rings. The highest BCUT2D eigenvalue weighted by Crippen LogP contribution is 2.24. The van der Waals surface area contributed by atoms with Gasteiger partial charge in [-0.3, -0.25) is 15.0 Å². The van der Waals surface area contributed by atoms with Crippen LogP contribution in [-0.2, 0) is 6.54 Å². The van der Waals surface area contributed by atoms with Gasteiger partial charge in [-0.2, -0.15) is 0 Å². The molecule has 0 fully saturated rings. The predicted octanol–water partition coefficient (Wildman–Crippen LogP) is 4.04. The Morgan fingerprint density at radius 1 is 1.29 bits per heavy atom. The van der Waals surface area contributed by atoms with E-state index in [0.29, 0.717) is 6.04 Å². The molecule has 0 unspecified atom stereocenters. The molecule has 1 aromatic carbocycles. The van der Waals surface area contributed by atoms with E-state index in [1.807, 2.05) is 6.07 Å². The molecule has 1 N–H and O–H groups in total. The molecule has 0 saturated heterocycles. The third kappa shape index (κ3) is 5.01. The summed E-state index contributed by atoms with van der Waals surface area (Å²) in [5.74, 6) is 0. The number of rotatable bonds is 9. The molecular weight excluding hydrogens is 266 g/mol. The Bertz CT molecular complexity index is 459. The molecule has 0 aliphatic carbocycles. The summed E-state index contributed by atoms with van der Waals surface area (Å²) in [5, 5.41) is 14.3. The molecule has 5 nitrogen and oxygen atoms in total. The summed E-state index contributed by atoms with van der Waals surface area (Å²) in [5.41, 5.74) is 2.15. The smallest absolute Gasteiger partial charge is 0.269 e. The van der Waals surface area contributed by atoms with Crippen LogP contribution in [0.4, 0.5) is 11.4 Å². The number of hydrogen-bond acceptors (Lipinski definition) is 4. The van der Waals surface area contributed by atoms with Gasteiger partial charge in [0, 0.05) is 37.0 Å². The van der Waals surface area contributed by atoms with Gasteiger partial charge in [0.2, 0.25) is 0 Å². The lowest BCUT2D eigenvalue weighted by Gasteiger charge is -2.27. The molecule has 0 aliphatic heterocycles. The SMILES string of the molecule is CCCNc1ccc([N+](=O)[O-])cc1CN(C)C(CC)CC. The Labute approximate surface area is 127 Å². The first-order valence-electron chi connectivity index (χ1n) is 7.74. The number of nitro benzene ring substituents is 1. The summed E-state index contributed by atoms with van der Waals surface area (Å²) in [4.78, 5) is 12.9. The van der Waals surface area contributed by atoms with Gasteiger partial charge in [0.25, 0.3) is 5.69 Å². The van der Waals surface area contributed by atoms with Gasteiger partial charge in [0.05, 0.1) is 4.92 Å². The second-order valence-corrected chi connectivity index (χ2v) is 5.41. The van der Waals surface area contributed by atoms with Crippen molar-refractivity contribution in [3.63, 3.8) is 0 Å². The number of nitro groups is 1. The van der Waals surface area contributed by atoms with Crippen molar-refractivity contribution in [1.29, 1.82) is 0 Å². The number of nitrogens with one attached hydrogen (secondary N) is 1. The highest BCUT2D eigenvalue weighted by Gasteiger charge is 2.15. The summed E-state index contributed by atoms with van der Waals surface area (Å²) in [6.07, 6.45) is 3.19. The molecule has 0 heterocycles. The fraction of sp³-hybridized carbons (Fsp3) is 0.625. The van der Waals surface area contributed by atoms with Crippen LogP contribution in [0, 0.1) is 10.1 Å². The van der Waals surface area contributed by atoms with E-state index < -0.39 is 0 Å². The van der Waals surface area contributed by atoms with Gasteiger partial charge in [0.15, 0.2) is 0 Å². The molecule has 0 saturated carbocycles. The molecule has 0 amide bonds. The van der Waals surface area contributed by atoms with Crippen molar-refractivity contribution in [3.05, 3.63) is 33.9 Å². The van der Waals surface area contributed by atoms with Gasteiger partial charge in [0.1, 0.15) is 0 Å². The van der Waals surface area contributed by atoms with Crippen molar-refractivity contribution < 1.29 is 4.92 Å². The first-order valence-corrected chi connectivity index (χ1v) is 7.74. The lowest BCUT2D eigenvalue weighted by atomic mass is 10.1. The lowest BCUT2D eigenvalue weighted by molar-refractivity contribution is -0.384. The quantitative estimate of drug-likeness (QED) is 0.551. The monoisotopic (exact) mass is 293 g/mol. The van der Waals surface area contributed by atoms with Crippen LogP contribution in [0.15, 0.2) is 18.2 Å². The molecule has 0 atom stereocenters. The molecule has 21 heavy (non-hydrogen) atoms. The van der Waals surface area contributed by atoms with Crippen LogP contribution in [0.3, 0.4) is 0 Å². The normalized spacial score (nSPS) is 11.1. The average molecular weight is 293 g/mol.